The first-order valence-corrected chi connectivity index (χ1v) is 6.20. The molecule has 0 fully saturated rings. The van der Waals surface area contributed by atoms with E-state index < -0.39 is 0 Å². The van der Waals surface area contributed by atoms with Gasteiger partial charge in [-0.15, -0.1) is 0 Å². The fourth-order valence-electron chi connectivity index (χ4n) is 1.99. The zero-order valence-corrected chi connectivity index (χ0v) is 10.8. The Morgan fingerprint density at radius 2 is 2.00 bits per heavy atom. The Hall–Kier alpha value is -1.24. The number of hydrogen-bond acceptors (Lipinski definition) is 1. The highest BCUT2D eigenvalue weighted by Gasteiger charge is 2.12. The van der Waals surface area contributed by atoms with Crippen LogP contribution in [0.3, 0.4) is 0 Å². The molecule has 1 aliphatic heterocycles. The minimum absolute atomic E-state index is 0.872. The van der Waals surface area contributed by atoms with Crippen molar-refractivity contribution < 1.29 is 4.74 Å². The summed E-state index contributed by atoms with van der Waals surface area (Å²) in [6.07, 6.45) is 6.51. The molecule has 0 N–H and O–H groups in total. The van der Waals surface area contributed by atoms with Gasteiger partial charge in [-0.3, -0.25) is 0 Å². The Labute approximate surface area is 99.1 Å². The van der Waals surface area contributed by atoms with E-state index in [1.54, 1.807) is 0 Å². The van der Waals surface area contributed by atoms with E-state index in [-0.39, 0.29) is 0 Å². The van der Waals surface area contributed by atoms with Gasteiger partial charge in [0.1, 0.15) is 5.75 Å². The van der Waals surface area contributed by atoms with Gasteiger partial charge in [0, 0.05) is 0 Å². The highest BCUT2D eigenvalue weighted by Crippen LogP contribution is 2.30. The standard InChI is InChI=1S/C13H16O.C2H6/c1-3-5-11-8-10(2)13-12(9-11)6-4-7-14-13;1-2/h3,5,8-9H,4,6-7H2,1-2H3;1-2H3/b5-3+;. The van der Waals surface area contributed by atoms with Crippen LogP contribution >= 0.6 is 0 Å². The Balaban J connectivity index is 0.000000606. The van der Waals surface area contributed by atoms with Crippen LogP contribution in [0.4, 0.5) is 0 Å². The monoisotopic (exact) mass is 218 g/mol. The lowest BCUT2D eigenvalue weighted by Gasteiger charge is -2.19. The molecular formula is C15H22O. The van der Waals surface area contributed by atoms with Crippen LogP contribution in [0.1, 0.15) is 43.9 Å². The van der Waals surface area contributed by atoms with Crippen molar-refractivity contribution in [3.63, 3.8) is 0 Å². The van der Waals surface area contributed by atoms with E-state index in [0.29, 0.717) is 0 Å². The Kier molecular flexibility index (Phi) is 5.10. The molecule has 0 spiro atoms. The molecule has 0 bridgehead atoms. The van der Waals surface area contributed by atoms with E-state index in [4.69, 9.17) is 4.74 Å². The predicted octanol–water partition coefficient (Wildman–Crippen LogP) is 4.38. The number of fused-ring (bicyclic) bond motifs is 1. The molecule has 0 unspecified atom stereocenters. The van der Waals surface area contributed by atoms with E-state index in [2.05, 4.69) is 31.2 Å². The van der Waals surface area contributed by atoms with Crippen LogP contribution in [0.25, 0.3) is 6.08 Å². The summed E-state index contributed by atoms with van der Waals surface area (Å²) in [5.41, 5.74) is 3.91. The first-order valence-electron chi connectivity index (χ1n) is 6.20. The van der Waals surface area contributed by atoms with Crippen molar-refractivity contribution in [2.45, 2.75) is 40.5 Å². The third-order valence-electron chi connectivity index (χ3n) is 2.57. The number of aryl methyl sites for hydroxylation is 2. The van der Waals surface area contributed by atoms with E-state index in [1.807, 2.05) is 20.8 Å². The van der Waals surface area contributed by atoms with Crippen molar-refractivity contribution in [1.82, 2.24) is 0 Å². The van der Waals surface area contributed by atoms with Gasteiger partial charge in [0.05, 0.1) is 6.61 Å². The molecule has 16 heavy (non-hydrogen) atoms. The average Bonchev–Trinajstić information content (AvgIpc) is 2.32. The second-order valence-corrected chi connectivity index (χ2v) is 3.78. The number of hydrogen-bond donors (Lipinski definition) is 0. The second-order valence-electron chi connectivity index (χ2n) is 3.78. The number of rotatable bonds is 1. The van der Waals surface area contributed by atoms with Gasteiger partial charge in [-0.1, -0.05) is 26.0 Å². The fraction of sp³-hybridized carbons (Fsp3) is 0.467. The number of allylic oxidation sites excluding steroid dienone is 1. The lowest BCUT2D eigenvalue weighted by Crippen LogP contribution is -2.09. The van der Waals surface area contributed by atoms with E-state index in [1.165, 1.54) is 16.7 Å². The van der Waals surface area contributed by atoms with Crippen LogP contribution < -0.4 is 4.74 Å². The van der Waals surface area contributed by atoms with Crippen LogP contribution in [0.15, 0.2) is 18.2 Å². The molecule has 1 aromatic carbocycles. The first kappa shape index (κ1) is 12.8. The van der Waals surface area contributed by atoms with Gasteiger partial charge in [-0.2, -0.15) is 0 Å². The summed E-state index contributed by atoms with van der Waals surface area (Å²) in [6.45, 7) is 9.04. The van der Waals surface area contributed by atoms with Crippen molar-refractivity contribution in [1.29, 1.82) is 0 Å². The fourth-order valence-corrected chi connectivity index (χ4v) is 1.99. The van der Waals surface area contributed by atoms with Crippen LogP contribution in [-0.4, -0.2) is 6.61 Å². The van der Waals surface area contributed by atoms with Crippen molar-refractivity contribution >= 4 is 6.08 Å². The number of benzene rings is 1. The Morgan fingerprint density at radius 1 is 1.25 bits per heavy atom. The molecule has 0 aliphatic carbocycles. The van der Waals surface area contributed by atoms with Crippen molar-refractivity contribution in [3.05, 3.63) is 34.9 Å². The van der Waals surface area contributed by atoms with Gasteiger partial charge >= 0.3 is 0 Å². The predicted molar refractivity (Wildman–Crippen MR) is 71.1 cm³/mol. The number of ether oxygens (including phenoxy) is 1. The summed E-state index contributed by atoms with van der Waals surface area (Å²) in [6, 6.07) is 4.42. The third kappa shape index (κ3) is 2.88. The molecule has 0 radical (unpaired) electrons. The molecule has 0 aromatic heterocycles. The zero-order valence-electron chi connectivity index (χ0n) is 10.8. The lowest BCUT2D eigenvalue weighted by atomic mass is 9.99. The summed E-state index contributed by atoms with van der Waals surface area (Å²) >= 11 is 0. The highest BCUT2D eigenvalue weighted by molar-refractivity contribution is 5.56. The molecular weight excluding hydrogens is 196 g/mol. The molecule has 1 heterocycles. The van der Waals surface area contributed by atoms with Crippen molar-refractivity contribution in [3.8, 4) is 5.75 Å². The molecule has 0 saturated carbocycles. The summed E-state index contributed by atoms with van der Waals surface area (Å²) in [4.78, 5) is 0. The molecule has 2 rings (SSSR count). The van der Waals surface area contributed by atoms with Gasteiger partial charge in [-0.25, -0.2) is 0 Å². The highest BCUT2D eigenvalue weighted by atomic mass is 16.5. The largest absolute Gasteiger partial charge is 0.493 e. The van der Waals surface area contributed by atoms with Gasteiger partial charge < -0.3 is 4.74 Å². The van der Waals surface area contributed by atoms with Gasteiger partial charge in [-0.05, 0) is 55.5 Å². The maximum absolute atomic E-state index is 5.66. The van der Waals surface area contributed by atoms with E-state index in [0.717, 1.165) is 25.2 Å². The van der Waals surface area contributed by atoms with E-state index >= 15 is 0 Å². The quantitative estimate of drug-likeness (QED) is 0.679. The Morgan fingerprint density at radius 3 is 2.69 bits per heavy atom. The minimum Gasteiger partial charge on any atom is -0.493 e. The third-order valence-corrected chi connectivity index (χ3v) is 2.57. The van der Waals surface area contributed by atoms with E-state index in [9.17, 15) is 0 Å². The van der Waals surface area contributed by atoms with Crippen molar-refractivity contribution in [2.75, 3.05) is 6.61 Å². The van der Waals surface area contributed by atoms with Crippen molar-refractivity contribution in [2.24, 2.45) is 0 Å². The summed E-state index contributed by atoms with van der Waals surface area (Å²) in [5, 5.41) is 0. The lowest BCUT2D eigenvalue weighted by molar-refractivity contribution is 0.286. The van der Waals surface area contributed by atoms with Crippen LogP contribution in [0.5, 0.6) is 5.75 Å². The van der Waals surface area contributed by atoms with Crippen LogP contribution in [-0.2, 0) is 6.42 Å². The summed E-state index contributed by atoms with van der Waals surface area (Å²) in [7, 11) is 0. The molecule has 88 valence electrons. The minimum atomic E-state index is 0.872. The average molecular weight is 218 g/mol. The molecule has 0 amide bonds. The smallest absolute Gasteiger partial charge is 0.125 e. The van der Waals surface area contributed by atoms with Crippen LogP contribution in [0, 0.1) is 6.92 Å². The molecule has 0 saturated heterocycles. The molecule has 1 aromatic rings. The zero-order chi connectivity index (χ0) is 12.0. The molecule has 1 heteroatoms. The second kappa shape index (κ2) is 6.37. The maximum atomic E-state index is 5.66. The van der Waals surface area contributed by atoms with Gasteiger partial charge in [0.15, 0.2) is 0 Å². The van der Waals surface area contributed by atoms with Gasteiger partial charge in [0.25, 0.3) is 0 Å². The maximum Gasteiger partial charge on any atom is 0.125 e. The summed E-state index contributed by atoms with van der Waals surface area (Å²) in [5.74, 6) is 1.12. The van der Waals surface area contributed by atoms with Crippen LogP contribution in [0.2, 0.25) is 0 Å². The normalized spacial score (nSPS) is 13.8. The molecule has 1 nitrogen and oxygen atoms in total. The SMILES string of the molecule is C/C=C/c1cc(C)c2c(c1)CCCO2.CC. The topological polar surface area (TPSA) is 9.23 Å². The summed E-state index contributed by atoms with van der Waals surface area (Å²) < 4.78 is 5.66. The first-order chi connectivity index (χ1) is 7.81. The molecule has 0 atom stereocenters. The van der Waals surface area contributed by atoms with Gasteiger partial charge in [0.2, 0.25) is 0 Å². The Bertz CT molecular complexity index is 364. The molecule has 1 aliphatic rings.